The van der Waals surface area contributed by atoms with Gasteiger partial charge in [0.25, 0.3) is 0 Å². The lowest BCUT2D eigenvalue weighted by Gasteiger charge is -2.27. The largest absolute Gasteiger partial charge is 0.481 e. The van der Waals surface area contributed by atoms with E-state index in [1.54, 1.807) is 35.2 Å². The Labute approximate surface area is 122 Å². The van der Waals surface area contributed by atoms with Gasteiger partial charge >= 0.3 is 5.97 Å². The molecular formula is C15H16ClNO3. The summed E-state index contributed by atoms with van der Waals surface area (Å²) in [7, 11) is 0. The standard InChI is InChI=1S/C15H16ClNO3/c1-2-10-6-14(18)17(9-10)13(8-15(19)20)11-4-3-5-12(16)7-11/h2-5,7,10,13H,1,6,8-9H2,(H,19,20). The molecule has 1 aromatic rings. The number of nitrogens with zero attached hydrogens (tertiary/aromatic N) is 1. The summed E-state index contributed by atoms with van der Waals surface area (Å²) in [5, 5.41) is 9.63. The molecule has 0 aliphatic carbocycles. The Morgan fingerprint density at radius 2 is 2.35 bits per heavy atom. The van der Waals surface area contributed by atoms with Gasteiger partial charge in [-0.15, -0.1) is 6.58 Å². The van der Waals surface area contributed by atoms with Crippen molar-refractivity contribution < 1.29 is 14.7 Å². The molecule has 106 valence electrons. The van der Waals surface area contributed by atoms with Crippen LogP contribution in [0.25, 0.3) is 0 Å². The van der Waals surface area contributed by atoms with Gasteiger partial charge in [-0.05, 0) is 17.7 Å². The van der Waals surface area contributed by atoms with Gasteiger partial charge in [0.05, 0.1) is 12.5 Å². The molecule has 2 atom stereocenters. The topological polar surface area (TPSA) is 57.6 Å². The quantitative estimate of drug-likeness (QED) is 0.849. The van der Waals surface area contributed by atoms with Gasteiger partial charge in [-0.2, -0.15) is 0 Å². The number of carboxylic acid groups (broad SMARTS) is 1. The lowest BCUT2D eigenvalue weighted by Crippen LogP contribution is -2.31. The van der Waals surface area contributed by atoms with E-state index in [1.807, 2.05) is 0 Å². The maximum absolute atomic E-state index is 12.1. The number of carbonyl (C=O) groups is 2. The highest BCUT2D eigenvalue weighted by molar-refractivity contribution is 6.30. The molecule has 2 rings (SSSR count). The molecule has 4 nitrogen and oxygen atoms in total. The summed E-state index contributed by atoms with van der Waals surface area (Å²) in [6.07, 6.45) is 2.00. The number of likely N-dealkylation sites (tertiary alicyclic amines) is 1. The van der Waals surface area contributed by atoms with E-state index in [2.05, 4.69) is 6.58 Å². The van der Waals surface area contributed by atoms with Crippen LogP contribution in [0.3, 0.4) is 0 Å². The molecule has 0 saturated carbocycles. The van der Waals surface area contributed by atoms with E-state index < -0.39 is 12.0 Å². The second-order valence-electron chi connectivity index (χ2n) is 4.91. The second-order valence-corrected chi connectivity index (χ2v) is 5.35. The van der Waals surface area contributed by atoms with Crippen molar-refractivity contribution in [1.82, 2.24) is 4.90 Å². The van der Waals surface area contributed by atoms with Crippen LogP contribution >= 0.6 is 11.6 Å². The fraction of sp³-hybridized carbons (Fsp3) is 0.333. The molecule has 20 heavy (non-hydrogen) atoms. The molecule has 1 aliphatic heterocycles. The summed E-state index contributed by atoms with van der Waals surface area (Å²) in [6.45, 7) is 4.21. The third-order valence-corrected chi connectivity index (χ3v) is 3.73. The van der Waals surface area contributed by atoms with Crippen LogP contribution in [0.2, 0.25) is 5.02 Å². The number of amides is 1. The molecular weight excluding hydrogens is 278 g/mol. The molecule has 1 aliphatic rings. The predicted molar refractivity (Wildman–Crippen MR) is 76.5 cm³/mol. The van der Waals surface area contributed by atoms with Crippen molar-refractivity contribution in [2.24, 2.45) is 5.92 Å². The number of carbonyl (C=O) groups excluding carboxylic acids is 1. The molecule has 0 aromatic heterocycles. The summed E-state index contributed by atoms with van der Waals surface area (Å²) >= 11 is 5.96. The highest BCUT2D eigenvalue weighted by Crippen LogP contribution is 2.32. The summed E-state index contributed by atoms with van der Waals surface area (Å²) in [5.74, 6) is -0.899. The van der Waals surface area contributed by atoms with Crippen molar-refractivity contribution in [1.29, 1.82) is 0 Å². The van der Waals surface area contributed by atoms with Crippen molar-refractivity contribution in [2.45, 2.75) is 18.9 Å². The fourth-order valence-corrected chi connectivity index (χ4v) is 2.71. The molecule has 5 heteroatoms. The van der Waals surface area contributed by atoms with Crippen LogP contribution in [0, 0.1) is 5.92 Å². The number of halogens is 1. The SMILES string of the molecule is C=CC1CC(=O)N(C(CC(=O)O)c2cccc(Cl)c2)C1. The van der Waals surface area contributed by atoms with E-state index in [0.29, 0.717) is 18.0 Å². The highest BCUT2D eigenvalue weighted by atomic mass is 35.5. The van der Waals surface area contributed by atoms with Crippen LogP contribution in [-0.2, 0) is 9.59 Å². The summed E-state index contributed by atoms with van der Waals surface area (Å²) < 4.78 is 0. The van der Waals surface area contributed by atoms with E-state index in [9.17, 15) is 9.59 Å². The first-order valence-electron chi connectivity index (χ1n) is 6.40. The predicted octanol–water partition coefficient (Wildman–Crippen LogP) is 2.89. The van der Waals surface area contributed by atoms with Crippen LogP contribution < -0.4 is 0 Å². The smallest absolute Gasteiger partial charge is 0.305 e. The Balaban J connectivity index is 2.30. The fourth-order valence-electron chi connectivity index (χ4n) is 2.51. The number of carboxylic acids is 1. The molecule has 1 N–H and O–H groups in total. The maximum Gasteiger partial charge on any atom is 0.305 e. The van der Waals surface area contributed by atoms with E-state index >= 15 is 0 Å². The van der Waals surface area contributed by atoms with Crippen LogP contribution in [0.5, 0.6) is 0 Å². The van der Waals surface area contributed by atoms with Gasteiger partial charge in [-0.25, -0.2) is 0 Å². The monoisotopic (exact) mass is 293 g/mol. The van der Waals surface area contributed by atoms with Gasteiger partial charge < -0.3 is 10.0 Å². The van der Waals surface area contributed by atoms with Crippen LogP contribution in [-0.4, -0.2) is 28.4 Å². The van der Waals surface area contributed by atoms with Crippen molar-refractivity contribution in [3.8, 4) is 0 Å². The number of aliphatic carboxylic acids is 1. The van der Waals surface area contributed by atoms with E-state index in [-0.39, 0.29) is 18.2 Å². The first-order valence-corrected chi connectivity index (χ1v) is 6.78. The Morgan fingerprint density at radius 3 is 2.90 bits per heavy atom. The first kappa shape index (κ1) is 14.6. The number of hydrogen-bond acceptors (Lipinski definition) is 2. The average Bonchev–Trinajstić information content (AvgIpc) is 2.77. The lowest BCUT2D eigenvalue weighted by atomic mass is 10.0. The Hall–Kier alpha value is -1.81. The molecule has 0 radical (unpaired) electrons. The number of rotatable bonds is 5. The molecule has 1 amide bonds. The molecule has 0 bridgehead atoms. The van der Waals surface area contributed by atoms with Crippen LogP contribution in [0.15, 0.2) is 36.9 Å². The minimum atomic E-state index is -0.940. The molecule has 1 saturated heterocycles. The van der Waals surface area contributed by atoms with Crippen LogP contribution in [0.4, 0.5) is 0 Å². The Morgan fingerprint density at radius 1 is 1.60 bits per heavy atom. The van der Waals surface area contributed by atoms with Gasteiger partial charge in [0, 0.05) is 23.9 Å². The van der Waals surface area contributed by atoms with Gasteiger partial charge in [0.2, 0.25) is 5.91 Å². The lowest BCUT2D eigenvalue weighted by molar-refractivity contribution is -0.139. The van der Waals surface area contributed by atoms with Gasteiger partial charge in [-0.1, -0.05) is 29.8 Å². The van der Waals surface area contributed by atoms with Gasteiger partial charge in [-0.3, -0.25) is 9.59 Å². The van der Waals surface area contributed by atoms with Gasteiger partial charge in [0.1, 0.15) is 0 Å². The third-order valence-electron chi connectivity index (χ3n) is 3.50. The van der Waals surface area contributed by atoms with E-state index in [0.717, 1.165) is 5.56 Å². The van der Waals surface area contributed by atoms with Gasteiger partial charge in [0.15, 0.2) is 0 Å². The first-order chi connectivity index (χ1) is 9.51. The van der Waals surface area contributed by atoms with Crippen molar-refractivity contribution in [3.05, 3.63) is 47.5 Å². The van der Waals surface area contributed by atoms with Crippen molar-refractivity contribution >= 4 is 23.5 Å². The zero-order valence-corrected chi connectivity index (χ0v) is 11.7. The summed E-state index contributed by atoms with van der Waals surface area (Å²) in [5.41, 5.74) is 0.748. The average molecular weight is 294 g/mol. The summed E-state index contributed by atoms with van der Waals surface area (Å²) in [4.78, 5) is 24.8. The zero-order valence-electron chi connectivity index (χ0n) is 11.0. The minimum Gasteiger partial charge on any atom is -0.481 e. The number of hydrogen-bond donors (Lipinski definition) is 1. The summed E-state index contributed by atoms with van der Waals surface area (Å²) in [6, 6.07) is 6.51. The molecule has 1 aromatic carbocycles. The Kier molecular flexibility index (Phi) is 4.45. The highest BCUT2D eigenvalue weighted by Gasteiger charge is 2.34. The normalized spacial score (nSPS) is 19.9. The second kappa shape index (κ2) is 6.09. The number of benzene rings is 1. The molecule has 2 unspecified atom stereocenters. The van der Waals surface area contributed by atoms with E-state index in [4.69, 9.17) is 16.7 Å². The van der Waals surface area contributed by atoms with Crippen LogP contribution in [0.1, 0.15) is 24.4 Å². The zero-order chi connectivity index (χ0) is 14.7. The maximum atomic E-state index is 12.1. The third kappa shape index (κ3) is 3.20. The van der Waals surface area contributed by atoms with E-state index in [1.165, 1.54) is 0 Å². The van der Waals surface area contributed by atoms with Crippen molar-refractivity contribution in [3.63, 3.8) is 0 Å². The Bertz CT molecular complexity index is 544. The minimum absolute atomic E-state index is 0.0406. The van der Waals surface area contributed by atoms with Crippen molar-refractivity contribution in [2.75, 3.05) is 6.54 Å². The molecule has 1 fully saturated rings. The molecule has 1 heterocycles. The molecule has 0 spiro atoms.